The molecule has 4 heteroatoms. The van der Waals surface area contributed by atoms with Crippen LogP contribution in [0, 0.1) is 0 Å². The highest BCUT2D eigenvalue weighted by molar-refractivity contribution is 6.07. The third-order valence-corrected chi connectivity index (χ3v) is 4.65. The van der Waals surface area contributed by atoms with Crippen LogP contribution in [0.25, 0.3) is 17.2 Å². The molecular formula is C24H19NO3. The third kappa shape index (κ3) is 3.86. The lowest BCUT2D eigenvalue weighted by Gasteiger charge is -2.13. The molecule has 0 radical (unpaired) electrons. The maximum absolute atomic E-state index is 12.5. The first kappa shape index (κ1) is 17.7. The molecule has 1 amide bonds. The first-order valence-corrected chi connectivity index (χ1v) is 9.13. The summed E-state index contributed by atoms with van der Waals surface area (Å²) in [5.41, 5.74) is 4.45. The largest absolute Gasteiger partial charge is 0.447 e. The van der Waals surface area contributed by atoms with Gasteiger partial charge < -0.3 is 4.74 Å². The maximum atomic E-state index is 12.5. The van der Waals surface area contributed by atoms with Gasteiger partial charge in [-0.05, 0) is 34.9 Å². The van der Waals surface area contributed by atoms with Crippen molar-refractivity contribution in [3.05, 3.63) is 96.1 Å². The zero-order valence-electron chi connectivity index (χ0n) is 15.2. The highest BCUT2D eigenvalue weighted by atomic mass is 16.6. The van der Waals surface area contributed by atoms with Crippen LogP contribution in [-0.2, 0) is 4.74 Å². The Bertz CT molecular complexity index is 1020. The lowest BCUT2D eigenvalue weighted by atomic mass is 10.0. The van der Waals surface area contributed by atoms with E-state index in [9.17, 15) is 9.59 Å². The molecule has 0 N–H and O–H groups in total. The van der Waals surface area contributed by atoms with Crippen LogP contribution in [0.3, 0.4) is 0 Å². The number of amides is 1. The fourth-order valence-electron chi connectivity index (χ4n) is 3.14. The van der Waals surface area contributed by atoms with Gasteiger partial charge in [-0.1, -0.05) is 72.8 Å². The molecular weight excluding hydrogens is 350 g/mol. The number of benzene rings is 3. The number of ether oxygens (including phenoxy) is 1. The van der Waals surface area contributed by atoms with Gasteiger partial charge in [0.1, 0.15) is 6.61 Å². The molecule has 3 aromatic carbocycles. The zero-order valence-corrected chi connectivity index (χ0v) is 15.2. The van der Waals surface area contributed by atoms with Crippen LogP contribution in [0.1, 0.15) is 15.9 Å². The van der Waals surface area contributed by atoms with Gasteiger partial charge in [-0.25, -0.2) is 4.79 Å². The third-order valence-electron chi connectivity index (χ3n) is 4.65. The predicted molar refractivity (Wildman–Crippen MR) is 110 cm³/mol. The van der Waals surface area contributed by atoms with E-state index < -0.39 is 0 Å². The number of rotatable bonds is 5. The maximum Gasteiger partial charge on any atom is 0.414 e. The van der Waals surface area contributed by atoms with Gasteiger partial charge in [0.05, 0.1) is 6.54 Å². The molecule has 0 aromatic heterocycles. The van der Waals surface area contributed by atoms with Gasteiger partial charge in [0, 0.05) is 11.3 Å². The summed E-state index contributed by atoms with van der Waals surface area (Å²) in [5.74, 6) is -0.110. The summed E-state index contributed by atoms with van der Waals surface area (Å²) >= 11 is 0. The Labute approximate surface area is 163 Å². The van der Waals surface area contributed by atoms with Gasteiger partial charge >= 0.3 is 6.09 Å². The van der Waals surface area contributed by atoms with Crippen LogP contribution < -0.4 is 4.90 Å². The van der Waals surface area contributed by atoms with Crippen molar-refractivity contribution in [3.8, 4) is 11.1 Å². The Morgan fingerprint density at radius 3 is 2.36 bits per heavy atom. The monoisotopic (exact) mass is 369 g/mol. The van der Waals surface area contributed by atoms with E-state index in [2.05, 4.69) is 12.1 Å². The van der Waals surface area contributed by atoms with Crippen molar-refractivity contribution in [2.24, 2.45) is 0 Å². The summed E-state index contributed by atoms with van der Waals surface area (Å²) < 4.78 is 4.96. The Morgan fingerprint density at radius 1 is 0.893 bits per heavy atom. The minimum Gasteiger partial charge on any atom is -0.447 e. The molecule has 28 heavy (non-hydrogen) atoms. The number of anilines is 1. The molecule has 0 spiro atoms. The number of ketones is 1. The Kier molecular flexibility index (Phi) is 5.02. The Morgan fingerprint density at radius 2 is 1.64 bits per heavy atom. The van der Waals surface area contributed by atoms with E-state index in [1.54, 1.807) is 36.4 Å². The van der Waals surface area contributed by atoms with Gasteiger partial charge in [-0.3, -0.25) is 9.69 Å². The number of hydrogen-bond donors (Lipinski definition) is 0. The molecule has 0 atom stereocenters. The topological polar surface area (TPSA) is 46.6 Å². The van der Waals surface area contributed by atoms with E-state index in [4.69, 9.17) is 4.74 Å². The molecule has 0 unspecified atom stereocenters. The summed E-state index contributed by atoms with van der Waals surface area (Å²) in [5, 5.41) is 0. The Hall–Kier alpha value is -3.66. The van der Waals surface area contributed by atoms with Crippen molar-refractivity contribution in [2.75, 3.05) is 18.1 Å². The second kappa shape index (κ2) is 7.92. The van der Waals surface area contributed by atoms with E-state index in [-0.39, 0.29) is 11.9 Å². The van der Waals surface area contributed by atoms with Crippen molar-refractivity contribution in [1.29, 1.82) is 0 Å². The summed E-state index contributed by atoms with van der Waals surface area (Å²) in [7, 11) is 0. The van der Waals surface area contributed by atoms with E-state index in [0.717, 1.165) is 16.7 Å². The summed E-state index contributed by atoms with van der Waals surface area (Å²) in [6.07, 6.45) is 2.98. The van der Waals surface area contributed by atoms with E-state index in [0.29, 0.717) is 24.4 Å². The van der Waals surface area contributed by atoms with Crippen LogP contribution in [-0.4, -0.2) is 25.0 Å². The van der Waals surface area contributed by atoms with Crippen molar-refractivity contribution in [3.63, 3.8) is 0 Å². The molecule has 4 rings (SSSR count). The fraction of sp³-hybridized carbons (Fsp3) is 0.0833. The van der Waals surface area contributed by atoms with E-state index in [1.807, 2.05) is 42.5 Å². The van der Waals surface area contributed by atoms with Crippen molar-refractivity contribution in [1.82, 2.24) is 0 Å². The molecule has 1 heterocycles. The molecule has 1 aliphatic heterocycles. The number of allylic oxidation sites excluding steroid dienone is 1. The van der Waals surface area contributed by atoms with E-state index in [1.165, 1.54) is 4.90 Å². The smallest absolute Gasteiger partial charge is 0.414 e. The predicted octanol–water partition coefficient (Wildman–Crippen LogP) is 5.21. The number of carbonyl (C=O) groups is 2. The second-order valence-electron chi connectivity index (χ2n) is 6.50. The molecule has 1 aliphatic rings. The van der Waals surface area contributed by atoms with Gasteiger partial charge in [0.15, 0.2) is 5.78 Å². The van der Waals surface area contributed by atoms with Crippen molar-refractivity contribution >= 4 is 23.6 Å². The van der Waals surface area contributed by atoms with Crippen LogP contribution in [0.15, 0.2) is 84.9 Å². The average Bonchev–Trinajstić information content (AvgIpc) is 3.19. The quantitative estimate of drug-likeness (QED) is 0.458. The molecule has 1 saturated heterocycles. The summed E-state index contributed by atoms with van der Waals surface area (Å²) in [6, 6.07) is 25.3. The van der Waals surface area contributed by atoms with Gasteiger partial charge in [0.25, 0.3) is 0 Å². The molecule has 0 bridgehead atoms. The molecule has 4 nitrogen and oxygen atoms in total. The molecule has 0 aliphatic carbocycles. The molecule has 0 saturated carbocycles. The van der Waals surface area contributed by atoms with Gasteiger partial charge in [-0.2, -0.15) is 0 Å². The summed E-state index contributed by atoms with van der Waals surface area (Å²) in [4.78, 5) is 25.8. The number of nitrogens with zero attached hydrogens (tertiary/aromatic N) is 1. The van der Waals surface area contributed by atoms with Gasteiger partial charge in [-0.15, -0.1) is 0 Å². The lowest BCUT2D eigenvalue weighted by Crippen LogP contribution is -2.23. The molecule has 1 fully saturated rings. The Balaban J connectivity index is 1.47. The minimum atomic E-state index is -0.376. The summed E-state index contributed by atoms with van der Waals surface area (Å²) in [6.45, 7) is 0.871. The van der Waals surface area contributed by atoms with Crippen molar-refractivity contribution < 1.29 is 14.3 Å². The number of carbonyl (C=O) groups excluding carboxylic acids is 2. The zero-order chi connectivity index (χ0) is 19.3. The first-order chi connectivity index (χ1) is 13.7. The average molecular weight is 369 g/mol. The SMILES string of the molecule is O=C(C=Cc1ccc(-c2ccccc2)cc1)c1cccc(N2CCOC2=O)c1. The molecule has 3 aromatic rings. The second-order valence-corrected chi connectivity index (χ2v) is 6.50. The highest BCUT2D eigenvalue weighted by Gasteiger charge is 2.23. The van der Waals surface area contributed by atoms with Crippen LogP contribution in [0.4, 0.5) is 10.5 Å². The highest BCUT2D eigenvalue weighted by Crippen LogP contribution is 2.22. The fourth-order valence-corrected chi connectivity index (χ4v) is 3.14. The number of hydrogen-bond acceptors (Lipinski definition) is 3. The van der Waals surface area contributed by atoms with Crippen LogP contribution in [0.5, 0.6) is 0 Å². The molecule has 138 valence electrons. The van der Waals surface area contributed by atoms with E-state index >= 15 is 0 Å². The number of cyclic esters (lactones) is 1. The normalized spacial score (nSPS) is 13.7. The van der Waals surface area contributed by atoms with Crippen LogP contribution >= 0.6 is 0 Å². The van der Waals surface area contributed by atoms with Crippen molar-refractivity contribution in [2.45, 2.75) is 0 Å². The minimum absolute atomic E-state index is 0.110. The first-order valence-electron chi connectivity index (χ1n) is 9.13. The lowest BCUT2D eigenvalue weighted by molar-refractivity contribution is 0.104. The van der Waals surface area contributed by atoms with Gasteiger partial charge in [0.2, 0.25) is 0 Å². The van der Waals surface area contributed by atoms with Crippen LogP contribution in [0.2, 0.25) is 0 Å². The standard InChI is InChI=1S/C24H19NO3/c26-23(21-7-4-8-22(17-21)25-15-16-28-24(25)27)14-11-18-9-12-20(13-10-18)19-5-2-1-3-6-19/h1-14,17H,15-16H2.